The van der Waals surface area contributed by atoms with Crippen LogP contribution >= 0.6 is 0 Å². The van der Waals surface area contributed by atoms with Gasteiger partial charge in [-0.2, -0.15) is 0 Å². The lowest BCUT2D eigenvalue weighted by molar-refractivity contribution is -0.0265. The van der Waals surface area contributed by atoms with E-state index < -0.39 is 5.60 Å². The van der Waals surface area contributed by atoms with Crippen LogP contribution in [0.2, 0.25) is 0 Å². The average Bonchev–Trinajstić information content (AvgIpc) is 3.40. The fraction of sp³-hybridized carbons (Fsp3) is 0.576. The van der Waals surface area contributed by atoms with Crippen LogP contribution in [0, 0.1) is 0 Å². The van der Waals surface area contributed by atoms with Crippen molar-refractivity contribution < 1.29 is 19.0 Å². The number of likely N-dealkylation sites (tertiary alicyclic amines) is 1. The van der Waals surface area contributed by atoms with Crippen LogP contribution in [0.4, 0.5) is 4.79 Å². The number of aromatic nitrogens is 2. The minimum Gasteiger partial charge on any atom is -0.494 e. The van der Waals surface area contributed by atoms with Crippen molar-refractivity contribution >= 4 is 17.1 Å². The quantitative estimate of drug-likeness (QED) is 0.320. The van der Waals surface area contributed by atoms with Gasteiger partial charge in [-0.1, -0.05) is 24.3 Å². The number of hydrogen-bond acceptors (Lipinski definition) is 7. The fourth-order valence-electron chi connectivity index (χ4n) is 5.59. The molecule has 0 radical (unpaired) electrons. The Bertz CT molecular complexity index is 1260. The van der Waals surface area contributed by atoms with Crippen molar-refractivity contribution in [1.82, 2.24) is 24.7 Å². The lowest BCUT2D eigenvalue weighted by Crippen LogP contribution is -2.50. The maximum Gasteiger partial charge on any atom is 0.410 e. The number of fused-ring (bicyclic) bond motifs is 1. The molecular weight excluding hydrogens is 530 g/mol. The lowest BCUT2D eigenvalue weighted by Gasteiger charge is -2.35. The summed E-state index contributed by atoms with van der Waals surface area (Å²) in [4.78, 5) is 27.3. The molecule has 1 unspecified atom stereocenters. The number of benzene rings is 2. The minimum atomic E-state index is -0.457. The van der Waals surface area contributed by atoms with Crippen molar-refractivity contribution in [2.75, 3.05) is 59.5 Å². The standard InChI is InChI=1S/C33H47N5O4/c1-33(2,3)42-32(39)38-21-19-37(20-22-38)16-7-8-23-40-27-11-9-10-25(24-27)30(41-26-14-17-36(4)18-15-26)31-34-28-12-5-6-13-29(28)35-31/h5-6,9-13,24,26,30H,7-8,14-23H2,1-4H3,(H,34,35). The maximum atomic E-state index is 12.3. The third-order valence-corrected chi connectivity index (χ3v) is 7.97. The number of carbonyl (C=O) groups excluding carboxylic acids is 1. The summed E-state index contributed by atoms with van der Waals surface area (Å²) < 4.78 is 18.4. The zero-order valence-electron chi connectivity index (χ0n) is 25.7. The van der Waals surface area contributed by atoms with Crippen molar-refractivity contribution in [3.8, 4) is 5.75 Å². The topological polar surface area (TPSA) is 83.2 Å². The third kappa shape index (κ3) is 8.46. The fourth-order valence-corrected chi connectivity index (χ4v) is 5.59. The highest BCUT2D eigenvalue weighted by Gasteiger charge is 2.27. The van der Waals surface area contributed by atoms with E-state index in [1.807, 2.05) is 56.0 Å². The van der Waals surface area contributed by atoms with Gasteiger partial charge in [0.25, 0.3) is 0 Å². The number of para-hydroxylation sites is 2. The van der Waals surface area contributed by atoms with E-state index in [4.69, 9.17) is 19.2 Å². The summed E-state index contributed by atoms with van der Waals surface area (Å²) in [5.74, 6) is 1.69. The molecule has 9 nitrogen and oxygen atoms in total. The Kier molecular flexibility index (Phi) is 10.0. The molecule has 2 aliphatic heterocycles. The van der Waals surface area contributed by atoms with E-state index in [0.717, 1.165) is 86.6 Å². The normalized spacial score (nSPS) is 18.3. The highest BCUT2D eigenvalue weighted by Crippen LogP contribution is 2.31. The maximum absolute atomic E-state index is 12.3. The predicted octanol–water partition coefficient (Wildman–Crippen LogP) is 5.47. The Morgan fingerprint density at radius 2 is 1.76 bits per heavy atom. The SMILES string of the molecule is CN1CCC(OC(c2cccc(OCCCCN3CCN(C(=O)OC(C)(C)C)CC3)c2)c2nc3ccccc3[nH]2)CC1. The first-order chi connectivity index (χ1) is 20.2. The number of H-pyrrole nitrogens is 1. The number of carbonyl (C=O) groups is 1. The first kappa shape index (κ1) is 30.3. The number of piperidine rings is 1. The van der Waals surface area contributed by atoms with Gasteiger partial charge in [0.05, 0.1) is 23.7 Å². The number of aromatic amines is 1. The van der Waals surface area contributed by atoms with Gasteiger partial charge in [-0.15, -0.1) is 0 Å². The molecule has 1 aromatic heterocycles. The molecule has 2 saturated heterocycles. The van der Waals surface area contributed by atoms with Crippen LogP contribution < -0.4 is 4.74 Å². The number of ether oxygens (including phenoxy) is 3. The number of amides is 1. The van der Waals surface area contributed by atoms with Gasteiger partial charge in [-0.25, -0.2) is 9.78 Å². The van der Waals surface area contributed by atoms with Gasteiger partial charge in [0.2, 0.25) is 0 Å². The molecule has 0 bridgehead atoms. The smallest absolute Gasteiger partial charge is 0.410 e. The molecule has 42 heavy (non-hydrogen) atoms. The van der Waals surface area contributed by atoms with E-state index in [0.29, 0.717) is 19.7 Å². The van der Waals surface area contributed by atoms with Crippen molar-refractivity contribution in [3.63, 3.8) is 0 Å². The van der Waals surface area contributed by atoms with Gasteiger partial charge in [0.1, 0.15) is 23.3 Å². The number of hydrogen-bond donors (Lipinski definition) is 1. The molecule has 2 aliphatic rings. The zero-order valence-corrected chi connectivity index (χ0v) is 25.7. The molecular formula is C33H47N5O4. The minimum absolute atomic E-state index is 0.190. The van der Waals surface area contributed by atoms with Crippen molar-refractivity contribution in [2.24, 2.45) is 0 Å². The lowest BCUT2D eigenvalue weighted by atomic mass is 10.1. The van der Waals surface area contributed by atoms with Crippen LogP contribution in [-0.4, -0.2) is 102 Å². The third-order valence-electron chi connectivity index (χ3n) is 7.97. The highest BCUT2D eigenvalue weighted by atomic mass is 16.6. The van der Waals surface area contributed by atoms with Gasteiger partial charge in [0.15, 0.2) is 0 Å². The first-order valence-corrected chi connectivity index (χ1v) is 15.5. The number of nitrogens with one attached hydrogen (secondary N) is 1. The molecule has 5 rings (SSSR count). The molecule has 9 heteroatoms. The van der Waals surface area contributed by atoms with Crippen molar-refractivity contribution in [3.05, 3.63) is 59.9 Å². The summed E-state index contributed by atoms with van der Waals surface area (Å²) in [6.45, 7) is 12.6. The number of rotatable bonds is 10. The summed E-state index contributed by atoms with van der Waals surface area (Å²) in [5.41, 5.74) is 2.56. The molecule has 3 heterocycles. The summed E-state index contributed by atoms with van der Waals surface area (Å²) in [6.07, 6.45) is 3.74. The summed E-state index contributed by atoms with van der Waals surface area (Å²) in [5, 5.41) is 0. The van der Waals surface area contributed by atoms with E-state index in [-0.39, 0.29) is 18.3 Å². The molecule has 0 spiro atoms. The number of unbranched alkanes of at least 4 members (excludes halogenated alkanes) is 1. The molecule has 1 atom stereocenters. The van der Waals surface area contributed by atoms with Crippen LogP contribution in [0.3, 0.4) is 0 Å². The largest absolute Gasteiger partial charge is 0.494 e. The van der Waals surface area contributed by atoms with Gasteiger partial charge in [-0.05, 0) is 89.9 Å². The predicted molar refractivity (Wildman–Crippen MR) is 165 cm³/mol. The first-order valence-electron chi connectivity index (χ1n) is 15.5. The van der Waals surface area contributed by atoms with Gasteiger partial charge >= 0.3 is 6.09 Å². The Balaban J connectivity index is 1.12. The monoisotopic (exact) mass is 577 g/mol. The summed E-state index contributed by atoms with van der Waals surface area (Å²) >= 11 is 0. The number of nitrogens with zero attached hydrogens (tertiary/aromatic N) is 4. The van der Waals surface area contributed by atoms with Crippen molar-refractivity contribution in [2.45, 2.75) is 64.3 Å². The molecule has 1 amide bonds. The van der Waals surface area contributed by atoms with Crippen LogP contribution in [-0.2, 0) is 9.47 Å². The molecule has 2 fully saturated rings. The summed E-state index contributed by atoms with van der Waals surface area (Å²) in [7, 11) is 2.17. The number of piperazine rings is 1. The molecule has 2 aromatic carbocycles. The second kappa shape index (κ2) is 13.9. The molecule has 0 saturated carbocycles. The van der Waals surface area contributed by atoms with Crippen LogP contribution in [0.15, 0.2) is 48.5 Å². The Morgan fingerprint density at radius 1 is 1.00 bits per heavy atom. The highest BCUT2D eigenvalue weighted by molar-refractivity contribution is 5.75. The van der Waals surface area contributed by atoms with Crippen LogP contribution in [0.25, 0.3) is 11.0 Å². The van der Waals surface area contributed by atoms with E-state index in [2.05, 4.69) is 40.0 Å². The zero-order chi connectivity index (χ0) is 29.5. The second-order valence-corrected chi connectivity index (χ2v) is 12.6. The summed E-state index contributed by atoms with van der Waals surface area (Å²) in [6, 6.07) is 16.4. The van der Waals surface area contributed by atoms with Gasteiger partial charge in [0, 0.05) is 39.3 Å². The van der Waals surface area contributed by atoms with Crippen molar-refractivity contribution in [1.29, 1.82) is 0 Å². The Labute approximate surface area is 250 Å². The van der Waals surface area contributed by atoms with Crippen LogP contribution in [0.5, 0.6) is 5.75 Å². The second-order valence-electron chi connectivity index (χ2n) is 12.6. The number of imidazole rings is 1. The molecule has 1 N–H and O–H groups in total. The Hall–Kier alpha value is -3.14. The van der Waals surface area contributed by atoms with Gasteiger partial charge in [-0.3, -0.25) is 4.90 Å². The van der Waals surface area contributed by atoms with E-state index in [9.17, 15) is 4.79 Å². The molecule has 228 valence electrons. The average molecular weight is 578 g/mol. The van der Waals surface area contributed by atoms with E-state index in [1.54, 1.807) is 0 Å². The van der Waals surface area contributed by atoms with E-state index >= 15 is 0 Å². The molecule has 0 aliphatic carbocycles. The van der Waals surface area contributed by atoms with E-state index in [1.165, 1.54) is 0 Å². The Morgan fingerprint density at radius 3 is 2.50 bits per heavy atom. The van der Waals surface area contributed by atoms with Crippen LogP contribution in [0.1, 0.15) is 63.9 Å². The van der Waals surface area contributed by atoms with Gasteiger partial charge < -0.3 is 29.0 Å². The molecule has 3 aromatic rings.